The Bertz CT molecular complexity index is 991. The van der Waals surface area contributed by atoms with E-state index in [0.29, 0.717) is 19.0 Å². The number of aromatic nitrogens is 2. The van der Waals surface area contributed by atoms with Gasteiger partial charge in [-0.05, 0) is 49.4 Å². The molecule has 3 rings (SSSR count). The van der Waals surface area contributed by atoms with Crippen LogP contribution in [-0.2, 0) is 6.54 Å². The quantitative estimate of drug-likeness (QED) is 0.240. The van der Waals surface area contributed by atoms with Crippen molar-refractivity contribution in [1.29, 1.82) is 0 Å². The molecule has 0 saturated carbocycles. The van der Waals surface area contributed by atoms with Gasteiger partial charge in [-0.25, -0.2) is 4.68 Å². The Kier molecular flexibility index (Phi) is 10.1. The van der Waals surface area contributed by atoms with Crippen LogP contribution in [-0.4, -0.2) is 49.7 Å². The Morgan fingerprint density at radius 1 is 1.00 bits per heavy atom. The molecule has 0 radical (unpaired) electrons. The van der Waals surface area contributed by atoms with Crippen molar-refractivity contribution in [2.75, 3.05) is 27.8 Å². The third kappa shape index (κ3) is 7.33. The number of hydrogen-bond donors (Lipinski definition) is 2. The van der Waals surface area contributed by atoms with Crippen LogP contribution in [0.25, 0.3) is 5.69 Å². The van der Waals surface area contributed by atoms with Crippen LogP contribution in [0.1, 0.15) is 12.6 Å². The van der Waals surface area contributed by atoms with Crippen LogP contribution < -0.4 is 24.8 Å². The minimum Gasteiger partial charge on any atom is -0.497 e. The molecule has 9 heteroatoms. The highest BCUT2D eigenvalue weighted by Crippen LogP contribution is 2.19. The maximum absolute atomic E-state index is 5.93. The molecule has 1 heterocycles. The third-order valence-corrected chi connectivity index (χ3v) is 4.58. The zero-order valence-electron chi connectivity index (χ0n) is 18.7. The van der Waals surface area contributed by atoms with E-state index < -0.39 is 0 Å². The van der Waals surface area contributed by atoms with Gasteiger partial charge in [-0.2, -0.15) is 5.10 Å². The molecule has 8 nitrogen and oxygen atoms in total. The average Bonchev–Trinajstić information content (AvgIpc) is 3.28. The van der Waals surface area contributed by atoms with Crippen LogP contribution in [0, 0.1) is 0 Å². The van der Waals surface area contributed by atoms with E-state index in [1.165, 1.54) is 0 Å². The summed E-state index contributed by atoms with van der Waals surface area (Å²) in [5, 5.41) is 11.2. The van der Waals surface area contributed by atoms with Crippen LogP contribution in [0.2, 0.25) is 0 Å². The molecule has 0 aliphatic rings. The van der Waals surface area contributed by atoms with Crippen molar-refractivity contribution < 1.29 is 14.2 Å². The van der Waals surface area contributed by atoms with Gasteiger partial charge in [-0.15, -0.1) is 24.0 Å². The summed E-state index contributed by atoms with van der Waals surface area (Å²) in [6, 6.07) is 17.3. The Morgan fingerprint density at radius 3 is 2.41 bits per heavy atom. The molecule has 0 amide bonds. The predicted molar refractivity (Wildman–Crippen MR) is 137 cm³/mol. The second-order valence-electron chi connectivity index (χ2n) is 6.86. The lowest BCUT2D eigenvalue weighted by molar-refractivity contribution is 0.223. The molecule has 0 aliphatic carbocycles. The van der Waals surface area contributed by atoms with E-state index in [2.05, 4.69) is 20.7 Å². The third-order valence-electron chi connectivity index (χ3n) is 4.58. The van der Waals surface area contributed by atoms with Gasteiger partial charge >= 0.3 is 0 Å². The molecule has 2 N–H and O–H groups in total. The molecule has 1 atom stereocenters. The molecule has 1 aromatic heterocycles. The summed E-state index contributed by atoms with van der Waals surface area (Å²) in [4.78, 5) is 4.26. The summed E-state index contributed by atoms with van der Waals surface area (Å²) in [6.07, 6.45) is 1.87. The van der Waals surface area contributed by atoms with Crippen LogP contribution in [0.5, 0.6) is 17.2 Å². The van der Waals surface area contributed by atoms with Gasteiger partial charge in [0, 0.05) is 19.3 Å². The van der Waals surface area contributed by atoms with E-state index in [4.69, 9.17) is 14.2 Å². The van der Waals surface area contributed by atoms with Gasteiger partial charge in [0.25, 0.3) is 0 Å². The zero-order chi connectivity index (χ0) is 22.1. The van der Waals surface area contributed by atoms with E-state index >= 15 is 0 Å². The summed E-state index contributed by atoms with van der Waals surface area (Å²) in [7, 11) is 5.03. The van der Waals surface area contributed by atoms with Gasteiger partial charge in [-0.3, -0.25) is 4.99 Å². The van der Waals surface area contributed by atoms with E-state index in [9.17, 15) is 0 Å². The fraction of sp³-hybridized carbons (Fsp3) is 0.304. The van der Waals surface area contributed by atoms with E-state index in [0.717, 1.165) is 28.6 Å². The Balaban J connectivity index is 0.00000363. The van der Waals surface area contributed by atoms with E-state index in [1.54, 1.807) is 21.3 Å². The minimum atomic E-state index is -0.0556. The van der Waals surface area contributed by atoms with Gasteiger partial charge in [0.2, 0.25) is 0 Å². The smallest absolute Gasteiger partial charge is 0.191 e. The van der Waals surface area contributed by atoms with Gasteiger partial charge in [0.15, 0.2) is 5.96 Å². The maximum Gasteiger partial charge on any atom is 0.191 e. The van der Waals surface area contributed by atoms with Crippen LogP contribution in [0.4, 0.5) is 0 Å². The average molecular weight is 551 g/mol. The van der Waals surface area contributed by atoms with Gasteiger partial charge < -0.3 is 24.8 Å². The summed E-state index contributed by atoms with van der Waals surface area (Å²) in [5.74, 6) is 3.03. The molecule has 2 aromatic carbocycles. The number of halogens is 1. The molecule has 0 bridgehead atoms. The SMILES string of the molecule is CN=C(NCc1ccn(-c2ccc(OC)cc2)n1)NCC(C)Oc1cccc(OC)c1.I. The largest absolute Gasteiger partial charge is 0.497 e. The lowest BCUT2D eigenvalue weighted by Gasteiger charge is -2.18. The first kappa shape index (κ1) is 25.3. The molecule has 0 saturated heterocycles. The predicted octanol–water partition coefficient (Wildman–Crippen LogP) is 3.64. The highest BCUT2D eigenvalue weighted by atomic mass is 127. The maximum atomic E-state index is 5.93. The van der Waals surface area contributed by atoms with Crippen molar-refractivity contribution in [3.8, 4) is 22.9 Å². The topological polar surface area (TPSA) is 81.9 Å². The Hall–Kier alpha value is -2.95. The molecule has 0 aliphatic heterocycles. The number of methoxy groups -OCH3 is 2. The van der Waals surface area contributed by atoms with Gasteiger partial charge in [-0.1, -0.05) is 6.07 Å². The fourth-order valence-corrected chi connectivity index (χ4v) is 2.92. The number of ether oxygens (including phenoxy) is 3. The number of hydrogen-bond acceptors (Lipinski definition) is 5. The molecular weight excluding hydrogens is 521 g/mol. The number of nitrogens with one attached hydrogen (secondary N) is 2. The Morgan fingerprint density at radius 2 is 1.72 bits per heavy atom. The number of rotatable bonds is 9. The lowest BCUT2D eigenvalue weighted by atomic mass is 10.3. The number of nitrogens with zero attached hydrogens (tertiary/aromatic N) is 3. The van der Waals surface area contributed by atoms with Crippen LogP contribution in [0.3, 0.4) is 0 Å². The summed E-state index contributed by atoms with van der Waals surface area (Å²) in [6.45, 7) is 3.14. The summed E-state index contributed by atoms with van der Waals surface area (Å²) >= 11 is 0. The van der Waals surface area contributed by atoms with Crippen molar-refractivity contribution in [3.63, 3.8) is 0 Å². The van der Waals surface area contributed by atoms with Crippen LogP contribution in [0.15, 0.2) is 65.8 Å². The minimum absolute atomic E-state index is 0. The summed E-state index contributed by atoms with van der Waals surface area (Å²) in [5.41, 5.74) is 1.87. The van der Waals surface area contributed by atoms with Crippen LogP contribution >= 0.6 is 24.0 Å². The zero-order valence-corrected chi connectivity index (χ0v) is 21.1. The fourth-order valence-electron chi connectivity index (χ4n) is 2.92. The monoisotopic (exact) mass is 551 g/mol. The molecule has 172 valence electrons. The van der Waals surface area contributed by atoms with E-state index in [-0.39, 0.29) is 30.1 Å². The molecule has 0 fully saturated rings. The normalized spacial score (nSPS) is 11.8. The second-order valence-corrected chi connectivity index (χ2v) is 6.86. The van der Waals surface area contributed by atoms with Crippen molar-refractivity contribution in [3.05, 3.63) is 66.5 Å². The molecule has 3 aromatic rings. The highest BCUT2D eigenvalue weighted by molar-refractivity contribution is 14.0. The highest BCUT2D eigenvalue weighted by Gasteiger charge is 2.08. The standard InChI is InChI=1S/C23H29N5O3.HI/c1-17(31-22-7-5-6-21(14-22)30-4)15-25-23(24-2)26-16-18-12-13-28(27-18)19-8-10-20(29-3)11-9-19;/h5-14,17H,15-16H2,1-4H3,(H2,24,25,26);1H. The number of benzene rings is 2. The van der Waals surface area contributed by atoms with E-state index in [1.807, 2.05) is 72.4 Å². The van der Waals surface area contributed by atoms with Gasteiger partial charge in [0.1, 0.15) is 23.4 Å². The second kappa shape index (κ2) is 12.8. The first-order chi connectivity index (χ1) is 15.1. The first-order valence-electron chi connectivity index (χ1n) is 10.1. The van der Waals surface area contributed by atoms with Crippen molar-refractivity contribution in [2.24, 2.45) is 4.99 Å². The lowest BCUT2D eigenvalue weighted by Crippen LogP contribution is -2.41. The number of guanidine groups is 1. The first-order valence-corrected chi connectivity index (χ1v) is 10.1. The van der Waals surface area contributed by atoms with Crippen molar-refractivity contribution in [2.45, 2.75) is 19.6 Å². The van der Waals surface area contributed by atoms with Crippen molar-refractivity contribution in [1.82, 2.24) is 20.4 Å². The molecule has 0 spiro atoms. The van der Waals surface area contributed by atoms with Gasteiger partial charge in [0.05, 0.1) is 38.7 Å². The molecular formula is C23H30IN5O3. The number of aliphatic imine (C=N–C) groups is 1. The summed E-state index contributed by atoms with van der Waals surface area (Å²) < 4.78 is 18.2. The van der Waals surface area contributed by atoms with Crippen molar-refractivity contribution >= 4 is 29.9 Å². The molecule has 32 heavy (non-hydrogen) atoms. The Labute approximate surface area is 206 Å². The molecule has 1 unspecified atom stereocenters.